The maximum absolute atomic E-state index is 13.7. The second-order valence-corrected chi connectivity index (χ2v) is 8.32. The minimum absolute atomic E-state index is 0.0776. The number of nitrogens with one attached hydrogen (secondary N) is 2. The molecule has 2 amide bonds. The summed E-state index contributed by atoms with van der Waals surface area (Å²) in [5.41, 5.74) is 3.38. The lowest BCUT2D eigenvalue weighted by molar-refractivity contribution is 0.0928. The van der Waals surface area contributed by atoms with Crippen LogP contribution in [0.15, 0.2) is 60.8 Å². The molecule has 0 aliphatic carbocycles. The zero-order valence-electron chi connectivity index (χ0n) is 19.3. The topological polar surface area (TPSA) is 88.9 Å². The monoisotopic (exact) mass is 459 g/mol. The Hall–Kier alpha value is -4.07. The molecule has 0 saturated heterocycles. The molecule has 0 atom stereocenters. The highest BCUT2D eigenvalue weighted by molar-refractivity contribution is 6.06. The third-order valence-electron chi connectivity index (χ3n) is 5.50. The summed E-state index contributed by atoms with van der Waals surface area (Å²) in [5.74, 6) is -1.12. The largest absolute Gasteiger partial charge is 0.350 e. The van der Waals surface area contributed by atoms with Crippen LogP contribution in [0, 0.1) is 12.7 Å². The molecule has 0 fully saturated rings. The van der Waals surface area contributed by atoms with Crippen molar-refractivity contribution in [2.24, 2.45) is 0 Å². The van der Waals surface area contributed by atoms with E-state index in [-0.39, 0.29) is 30.6 Å². The third kappa shape index (κ3) is 4.80. The number of halogens is 1. The van der Waals surface area contributed by atoms with Crippen LogP contribution in [-0.4, -0.2) is 39.7 Å². The number of carbonyl (C=O) groups is 2. The van der Waals surface area contributed by atoms with Crippen LogP contribution in [0.25, 0.3) is 22.3 Å². The Morgan fingerprint density at radius 1 is 1.00 bits per heavy atom. The summed E-state index contributed by atoms with van der Waals surface area (Å²) in [6.07, 6.45) is 1.65. The Morgan fingerprint density at radius 3 is 2.38 bits per heavy atom. The number of pyridine rings is 1. The average molecular weight is 460 g/mol. The van der Waals surface area contributed by atoms with Crippen LogP contribution in [0.1, 0.15) is 46.2 Å². The molecule has 0 radical (unpaired) electrons. The molecule has 34 heavy (non-hydrogen) atoms. The van der Waals surface area contributed by atoms with Crippen LogP contribution >= 0.6 is 0 Å². The number of hydrogen-bond donors (Lipinski definition) is 2. The second kappa shape index (κ2) is 9.82. The summed E-state index contributed by atoms with van der Waals surface area (Å²) in [6, 6.07) is 15.8. The first-order valence-corrected chi connectivity index (χ1v) is 11.1. The SMILES string of the molecule is Cc1ccc(C(=O)NCCNC(=O)c2cc(-c3ccccc3)nc3c2cnn3C(C)C)cc1F. The predicted octanol–water partition coefficient (Wildman–Crippen LogP) is 4.29. The highest BCUT2D eigenvalue weighted by Gasteiger charge is 2.18. The molecule has 8 heteroatoms. The van der Waals surface area contributed by atoms with Gasteiger partial charge in [0.2, 0.25) is 0 Å². The molecule has 2 heterocycles. The summed E-state index contributed by atoms with van der Waals surface area (Å²) >= 11 is 0. The lowest BCUT2D eigenvalue weighted by Crippen LogP contribution is -2.34. The number of nitrogens with zero attached hydrogens (tertiary/aromatic N) is 3. The van der Waals surface area contributed by atoms with Gasteiger partial charge >= 0.3 is 0 Å². The number of carbonyl (C=O) groups excluding carboxylic acids is 2. The van der Waals surface area contributed by atoms with Crippen LogP contribution in [0.3, 0.4) is 0 Å². The van der Waals surface area contributed by atoms with Crippen molar-refractivity contribution in [2.45, 2.75) is 26.8 Å². The van der Waals surface area contributed by atoms with Crippen LogP contribution < -0.4 is 10.6 Å². The number of fused-ring (bicyclic) bond motifs is 1. The van der Waals surface area contributed by atoms with Gasteiger partial charge in [0.05, 0.1) is 22.8 Å². The quantitative estimate of drug-likeness (QED) is 0.404. The van der Waals surface area contributed by atoms with Crippen molar-refractivity contribution >= 4 is 22.8 Å². The number of amides is 2. The summed E-state index contributed by atoms with van der Waals surface area (Å²) in [6.45, 7) is 6.06. The van der Waals surface area contributed by atoms with Crippen molar-refractivity contribution in [1.29, 1.82) is 0 Å². The van der Waals surface area contributed by atoms with Crippen molar-refractivity contribution in [3.05, 3.63) is 83.3 Å². The number of rotatable bonds is 7. The lowest BCUT2D eigenvalue weighted by atomic mass is 10.1. The molecule has 0 saturated carbocycles. The fraction of sp³-hybridized carbons (Fsp3) is 0.231. The first-order valence-electron chi connectivity index (χ1n) is 11.1. The Balaban J connectivity index is 1.50. The lowest BCUT2D eigenvalue weighted by Gasteiger charge is -2.11. The highest BCUT2D eigenvalue weighted by Crippen LogP contribution is 2.26. The molecule has 4 rings (SSSR count). The molecule has 7 nitrogen and oxygen atoms in total. The maximum atomic E-state index is 13.7. The Bertz CT molecular complexity index is 1350. The van der Waals surface area contributed by atoms with Crippen LogP contribution in [0.4, 0.5) is 4.39 Å². The molecular weight excluding hydrogens is 433 g/mol. The molecule has 2 N–H and O–H groups in total. The van der Waals surface area contributed by atoms with Gasteiger partial charge in [-0.1, -0.05) is 36.4 Å². The summed E-state index contributed by atoms with van der Waals surface area (Å²) in [5, 5.41) is 10.6. The second-order valence-electron chi connectivity index (χ2n) is 8.32. The summed E-state index contributed by atoms with van der Waals surface area (Å²) < 4.78 is 15.5. The molecule has 2 aromatic heterocycles. The van der Waals surface area contributed by atoms with Crippen LogP contribution in [0.5, 0.6) is 0 Å². The van der Waals surface area contributed by atoms with E-state index in [0.717, 1.165) is 5.56 Å². The standard InChI is InChI=1S/C26H26FN5O2/c1-16(2)32-24-21(15-30-32)20(14-23(31-24)18-7-5-4-6-8-18)26(34)29-12-11-28-25(33)19-10-9-17(3)22(27)13-19/h4-10,13-16H,11-12H2,1-3H3,(H,28,33)(H,29,34). The Labute approximate surface area is 197 Å². The van der Waals surface area contributed by atoms with Gasteiger partial charge in [-0.05, 0) is 44.5 Å². The van der Waals surface area contributed by atoms with E-state index in [4.69, 9.17) is 4.98 Å². The summed E-state index contributed by atoms with van der Waals surface area (Å²) in [7, 11) is 0. The van der Waals surface area contributed by atoms with Gasteiger partial charge in [0.15, 0.2) is 5.65 Å². The highest BCUT2D eigenvalue weighted by atomic mass is 19.1. The van der Waals surface area contributed by atoms with Gasteiger partial charge in [-0.2, -0.15) is 5.10 Å². The molecule has 2 aromatic carbocycles. The van der Waals surface area contributed by atoms with Crippen molar-refractivity contribution in [3.8, 4) is 11.3 Å². The van der Waals surface area contributed by atoms with E-state index in [0.29, 0.717) is 27.9 Å². The molecule has 0 unspecified atom stereocenters. The zero-order valence-corrected chi connectivity index (χ0v) is 19.3. The van der Waals surface area contributed by atoms with Crippen molar-refractivity contribution < 1.29 is 14.0 Å². The minimum Gasteiger partial charge on any atom is -0.350 e. The van der Waals surface area contributed by atoms with E-state index in [9.17, 15) is 14.0 Å². The average Bonchev–Trinajstić information content (AvgIpc) is 3.27. The first kappa shape index (κ1) is 23.1. The Kier molecular flexibility index (Phi) is 6.67. The molecule has 174 valence electrons. The number of hydrogen-bond acceptors (Lipinski definition) is 4. The van der Waals surface area contributed by atoms with E-state index in [1.807, 2.05) is 44.2 Å². The van der Waals surface area contributed by atoms with Crippen LogP contribution in [0.2, 0.25) is 0 Å². The van der Waals surface area contributed by atoms with Crippen molar-refractivity contribution in [1.82, 2.24) is 25.4 Å². The summed E-state index contributed by atoms with van der Waals surface area (Å²) in [4.78, 5) is 30.1. The fourth-order valence-electron chi connectivity index (χ4n) is 3.62. The minimum atomic E-state index is -0.432. The zero-order chi connectivity index (χ0) is 24.2. The van der Waals surface area contributed by atoms with E-state index < -0.39 is 11.7 Å². The van der Waals surface area contributed by atoms with E-state index >= 15 is 0 Å². The molecule has 0 aliphatic rings. The van der Waals surface area contributed by atoms with E-state index in [2.05, 4.69) is 15.7 Å². The van der Waals surface area contributed by atoms with Gasteiger partial charge < -0.3 is 10.6 Å². The normalized spacial score (nSPS) is 11.1. The molecule has 4 aromatic rings. The fourth-order valence-corrected chi connectivity index (χ4v) is 3.62. The van der Waals surface area contributed by atoms with Crippen molar-refractivity contribution in [2.75, 3.05) is 13.1 Å². The van der Waals surface area contributed by atoms with E-state index in [1.165, 1.54) is 6.07 Å². The third-order valence-corrected chi connectivity index (χ3v) is 5.50. The molecule has 0 bridgehead atoms. The van der Waals surface area contributed by atoms with Gasteiger partial charge in [-0.15, -0.1) is 0 Å². The smallest absolute Gasteiger partial charge is 0.252 e. The first-order chi connectivity index (χ1) is 16.3. The number of benzene rings is 2. The number of aromatic nitrogens is 3. The van der Waals surface area contributed by atoms with Gasteiger partial charge in [-0.25, -0.2) is 14.1 Å². The van der Waals surface area contributed by atoms with Gasteiger partial charge in [0.1, 0.15) is 5.82 Å². The number of aryl methyl sites for hydroxylation is 1. The Morgan fingerprint density at radius 2 is 1.71 bits per heavy atom. The van der Waals surface area contributed by atoms with Crippen LogP contribution in [-0.2, 0) is 0 Å². The van der Waals surface area contributed by atoms with Gasteiger partial charge in [0, 0.05) is 30.3 Å². The van der Waals surface area contributed by atoms with Gasteiger partial charge in [-0.3, -0.25) is 9.59 Å². The van der Waals surface area contributed by atoms with Gasteiger partial charge in [0.25, 0.3) is 11.8 Å². The van der Waals surface area contributed by atoms with E-state index in [1.54, 1.807) is 36.0 Å². The molecule has 0 spiro atoms. The molecule has 0 aliphatic heterocycles. The molecular formula is C26H26FN5O2. The maximum Gasteiger partial charge on any atom is 0.252 e. The predicted molar refractivity (Wildman–Crippen MR) is 129 cm³/mol. The van der Waals surface area contributed by atoms with Crippen molar-refractivity contribution in [3.63, 3.8) is 0 Å².